The molecular formula is C28H35NO4. The zero-order chi connectivity index (χ0) is 23.6. The summed E-state index contributed by atoms with van der Waals surface area (Å²) in [6.45, 7) is 6.04. The summed E-state index contributed by atoms with van der Waals surface area (Å²) in [7, 11) is 4.90. The van der Waals surface area contributed by atoms with Crippen molar-refractivity contribution < 1.29 is 19.0 Å². The highest BCUT2D eigenvalue weighted by molar-refractivity contribution is 5.94. The summed E-state index contributed by atoms with van der Waals surface area (Å²) in [6.07, 6.45) is 5.48. The zero-order valence-electron chi connectivity index (χ0n) is 20.4. The fourth-order valence-electron chi connectivity index (χ4n) is 5.37. The van der Waals surface area contributed by atoms with E-state index in [9.17, 15) is 4.79 Å². The molecule has 1 amide bonds. The Morgan fingerprint density at radius 1 is 1.03 bits per heavy atom. The molecule has 2 unspecified atom stereocenters. The van der Waals surface area contributed by atoms with E-state index in [1.165, 1.54) is 12.0 Å². The molecule has 176 valence electrons. The van der Waals surface area contributed by atoms with Gasteiger partial charge in [-0.2, -0.15) is 0 Å². The summed E-state index contributed by atoms with van der Waals surface area (Å²) in [5.74, 6) is 3.49. The van der Waals surface area contributed by atoms with Crippen LogP contribution < -0.4 is 14.2 Å². The molecule has 33 heavy (non-hydrogen) atoms. The maximum absolute atomic E-state index is 13.6. The van der Waals surface area contributed by atoms with Gasteiger partial charge in [0, 0.05) is 18.7 Å². The van der Waals surface area contributed by atoms with Crippen LogP contribution in [0.25, 0.3) is 0 Å². The van der Waals surface area contributed by atoms with Crippen molar-refractivity contribution in [3.63, 3.8) is 0 Å². The molecule has 2 atom stereocenters. The van der Waals surface area contributed by atoms with E-state index in [0.29, 0.717) is 47.2 Å². The second-order valence-electron chi connectivity index (χ2n) is 9.72. The molecule has 2 bridgehead atoms. The summed E-state index contributed by atoms with van der Waals surface area (Å²) in [4.78, 5) is 15.6. The van der Waals surface area contributed by atoms with Gasteiger partial charge in [0.25, 0.3) is 5.91 Å². The van der Waals surface area contributed by atoms with Crippen LogP contribution in [0.2, 0.25) is 0 Å². The molecule has 2 aromatic rings. The zero-order valence-corrected chi connectivity index (χ0v) is 20.4. The maximum Gasteiger partial charge on any atom is 0.254 e. The Morgan fingerprint density at radius 2 is 1.82 bits per heavy atom. The van der Waals surface area contributed by atoms with Crippen LogP contribution in [0.3, 0.4) is 0 Å². The second kappa shape index (κ2) is 9.50. The molecule has 0 N–H and O–H groups in total. The van der Waals surface area contributed by atoms with Crippen molar-refractivity contribution in [3.8, 4) is 17.2 Å². The molecule has 1 fully saturated rings. The summed E-state index contributed by atoms with van der Waals surface area (Å²) in [6, 6.07) is 13.4. The number of carbonyl (C=O) groups excluding carboxylic acids is 1. The van der Waals surface area contributed by atoms with E-state index in [4.69, 9.17) is 14.2 Å². The van der Waals surface area contributed by atoms with E-state index in [0.717, 1.165) is 24.3 Å². The molecule has 0 heterocycles. The summed E-state index contributed by atoms with van der Waals surface area (Å²) < 4.78 is 16.2. The number of ether oxygens (including phenoxy) is 3. The monoisotopic (exact) mass is 449 g/mol. The van der Waals surface area contributed by atoms with Crippen LogP contribution in [0.4, 0.5) is 0 Å². The Kier molecular flexibility index (Phi) is 6.68. The van der Waals surface area contributed by atoms with Gasteiger partial charge < -0.3 is 19.1 Å². The van der Waals surface area contributed by atoms with E-state index in [2.05, 4.69) is 19.9 Å². The first-order valence-electron chi connectivity index (χ1n) is 11.7. The standard InChI is InChI=1S/C28H35NO4/c1-28(2)22-11-10-21(24(28)17-22)18-29(27(30)20-7-6-8-23(16-20)31-3)14-13-19-9-12-25(32-4)26(15-19)33-5/h6-10,12,15-16,22,24H,11,13-14,17-18H2,1-5H3. The van der Waals surface area contributed by atoms with E-state index in [-0.39, 0.29) is 5.91 Å². The summed E-state index contributed by atoms with van der Waals surface area (Å²) in [5, 5.41) is 0. The predicted molar refractivity (Wildman–Crippen MR) is 130 cm³/mol. The SMILES string of the molecule is COc1cccc(C(=O)N(CCc2ccc(OC)c(OC)c2)CC2=CCC3CC2C3(C)C)c1. The molecule has 2 aromatic carbocycles. The average Bonchev–Trinajstić information content (AvgIpc) is 2.85. The highest BCUT2D eigenvalue weighted by atomic mass is 16.5. The van der Waals surface area contributed by atoms with Crippen LogP contribution in [0.1, 0.15) is 42.6 Å². The van der Waals surface area contributed by atoms with Gasteiger partial charge in [0.1, 0.15) is 5.75 Å². The Balaban J connectivity index is 1.56. The molecule has 0 spiro atoms. The first kappa shape index (κ1) is 23.2. The normalized spacial score (nSPS) is 20.3. The molecule has 5 rings (SSSR count). The Morgan fingerprint density at radius 3 is 2.48 bits per heavy atom. The lowest BCUT2D eigenvalue weighted by Gasteiger charge is -2.57. The Hall–Kier alpha value is -2.95. The Bertz CT molecular complexity index is 1040. The number of hydrogen-bond acceptors (Lipinski definition) is 4. The number of benzene rings is 2. The van der Waals surface area contributed by atoms with Crippen molar-refractivity contribution in [2.75, 3.05) is 34.4 Å². The number of fused-ring (bicyclic) bond motifs is 1. The van der Waals surface area contributed by atoms with Gasteiger partial charge in [0.2, 0.25) is 0 Å². The fraction of sp³-hybridized carbons (Fsp3) is 0.464. The minimum Gasteiger partial charge on any atom is -0.497 e. The van der Waals surface area contributed by atoms with Crippen molar-refractivity contribution in [2.45, 2.75) is 33.1 Å². The molecule has 5 heteroatoms. The first-order chi connectivity index (χ1) is 15.9. The third kappa shape index (κ3) is 4.59. The highest BCUT2D eigenvalue weighted by Crippen LogP contribution is 2.59. The molecule has 0 aliphatic heterocycles. The van der Waals surface area contributed by atoms with Gasteiger partial charge in [-0.25, -0.2) is 0 Å². The fourth-order valence-corrected chi connectivity index (χ4v) is 5.37. The molecule has 0 saturated heterocycles. The quantitative estimate of drug-likeness (QED) is 0.482. The van der Waals surface area contributed by atoms with E-state index < -0.39 is 0 Å². The van der Waals surface area contributed by atoms with Crippen molar-refractivity contribution in [3.05, 3.63) is 65.2 Å². The van der Waals surface area contributed by atoms with Crippen LogP contribution in [0, 0.1) is 17.3 Å². The number of nitrogens with zero attached hydrogens (tertiary/aromatic N) is 1. The first-order valence-corrected chi connectivity index (χ1v) is 11.7. The van der Waals surface area contributed by atoms with Gasteiger partial charge in [-0.1, -0.05) is 37.6 Å². The van der Waals surface area contributed by atoms with Crippen LogP contribution in [-0.4, -0.2) is 45.2 Å². The van der Waals surface area contributed by atoms with Crippen molar-refractivity contribution in [1.29, 1.82) is 0 Å². The van der Waals surface area contributed by atoms with Gasteiger partial charge in [0.05, 0.1) is 21.3 Å². The predicted octanol–water partition coefficient (Wildman–Crippen LogP) is 5.39. The molecule has 0 radical (unpaired) electrons. The van der Waals surface area contributed by atoms with Crippen LogP contribution in [0.15, 0.2) is 54.1 Å². The topological polar surface area (TPSA) is 48.0 Å². The smallest absolute Gasteiger partial charge is 0.254 e. The van der Waals surface area contributed by atoms with Crippen LogP contribution in [0.5, 0.6) is 17.2 Å². The molecular weight excluding hydrogens is 414 g/mol. The van der Waals surface area contributed by atoms with Gasteiger partial charge >= 0.3 is 0 Å². The summed E-state index contributed by atoms with van der Waals surface area (Å²) >= 11 is 0. The Labute approximate surface area is 197 Å². The molecule has 5 nitrogen and oxygen atoms in total. The van der Waals surface area contributed by atoms with E-state index >= 15 is 0 Å². The number of allylic oxidation sites excluding steroid dienone is 1. The summed E-state index contributed by atoms with van der Waals surface area (Å²) in [5.41, 5.74) is 3.51. The number of rotatable bonds is 9. The number of hydrogen-bond donors (Lipinski definition) is 0. The third-order valence-electron chi connectivity index (χ3n) is 7.68. The molecule has 0 aromatic heterocycles. The van der Waals surface area contributed by atoms with E-state index in [1.807, 2.05) is 47.4 Å². The van der Waals surface area contributed by atoms with Crippen LogP contribution >= 0.6 is 0 Å². The minimum absolute atomic E-state index is 0.0366. The molecule has 3 aliphatic carbocycles. The molecule has 1 saturated carbocycles. The number of amides is 1. The van der Waals surface area contributed by atoms with Gasteiger partial charge in [0.15, 0.2) is 11.5 Å². The average molecular weight is 450 g/mol. The van der Waals surface area contributed by atoms with Gasteiger partial charge in [-0.05, 0) is 72.4 Å². The highest BCUT2D eigenvalue weighted by Gasteiger charge is 2.51. The number of carbonyl (C=O) groups is 1. The van der Waals surface area contributed by atoms with Crippen molar-refractivity contribution >= 4 is 5.91 Å². The minimum atomic E-state index is 0.0366. The lowest BCUT2D eigenvalue weighted by Crippen LogP contribution is -2.50. The maximum atomic E-state index is 13.6. The lowest BCUT2D eigenvalue weighted by atomic mass is 9.49. The van der Waals surface area contributed by atoms with Crippen molar-refractivity contribution in [1.82, 2.24) is 4.90 Å². The lowest BCUT2D eigenvalue weighted by molar-refractivity contribution is -0.0102. The van der Waals surface area contributed by atoms with Gasteiger partial charge in [-0.3, -0.25) is 4.79 Å². The third-order valence-corrected chi connectivity index (χ3v) is 7.68. The molecule has 3 aliphatic rings. The van der Waals surface area contributed by atoms with Gasteiger partial charge in [-0.15, -0.1) is 0 Å². The van der Waals surface area contributed by atoms with Crippen molar-refractivity contribution in [2.24, 2.45) is 17.3 Å². The van der Waals surface area contributed by atoms with E-state index in [1.54, 1.807) is 21.3 Å². The largest absolute Gasteiger partial charge is 0.497 e. The number of methoxy groups -OCH3 is 3. The van der Waals surface area contributed by atoms with Crippen LogP contribution in [-0.2, 0) is 6.42 Å². The second-order valence-corrected chi connectivity index (χ2v) is 9.72.